The highest BCUT2D eigenvalue weighted by atomic mass is 16.6. The van der Waals surface area contributed by atoms with Gasteiger partial charge in [-0.15, -0.1) is 0 Å². The van der Waals surface area contributed by atoms with Crippen LogP contribution in [0.2, 0.25) is 0 Å². The zero-order valence-electron chi connectivity index (χ0n) is 9.39. The second-order valence-electron chi connectivity index (χ2n) is 4.46. The first kappa shape index (κ1) is 11.3. The van der Waals surface area contributed by atoms with Gasteiger partial charge in [-0.1, -0.05) is 0 Å². The van der Waals surface area contributed by atoms with E-state index < -0.39 is 0 Å². The monoisotopic (exact) mass is 215 g/mol. The van der Waals surface area contributed by atoms with Crippen LogP contribution >= 0.6 is 0 Å². The molecule has 2 atom stereocenters. The van der Waals surface area contributed by atoms with Crippen LogP contribution in [0.1, 0.15) is 6.42 Å². The molecule has 2 heterocycles. The lowest BCUT2D eigenvalue weighted by molar-refractivity contribution is 0.0186. The lowest BCUT2D eigenvalue weighted by Crippen LogP contribution is -2.44. The quantitative estimate of drug-likeness (QED) is 0.630. The fourth-order valence-corrected chi connectivity index (χ4v) is 2.56. The predicted molar refractivity (Wildman–Crippen MR) is 57.4 cm³/mol. The highest BCUT2D eigenvalue weighted by molar-refractivity contribution is 4.89. The molecule has 0 aromatic rings. The third-order valence-electron chi connectivity index (χ3n) is 3.52. The Bertz CT molecular complexity index is 197. The van der Waals surface area contributed by atoms with E-state index in [1.807, 2.05) is 0 Å². The van der Waals surface area contributed by atoms with Crippen LogP contribution in [0.5, 0.6) is 0 Å². The van der Waals surface area contributed by atoms with Gasteiger partial charge < -0.3 is 9.57 Å². The van der Waals surface area contributed by atoms with E-state index in [4.69, 9.17) is 15.5 Å². The topological polar surface area (TPSA) is 51.0 Å². The maximum absolute atomic E-state index is 5.36. The molecule has 0 radical (unpaired) electrons. The number of morpholine rings is 1. The van der Waals surface area contributed by atoms with Gasteiger partial charge >= 0.3 is 0 Å². The fraction of sp³-hybridized carbons (Fsp3) is 1.00. The van der Waals surface area contributed by atoms with Crippen molar-refractivity contribution >= 4 is 0 Å². The van der Waals surface area contributed by atoms with Crippen LogP contribution < -0.4 is 5.90 Å². The SMILES string of the molecule is CN1C[C@@H](N2CCOCC2)CC1CON. The van der Waals surface area contributed by atoms with Crippen molar-refractivity contribution in [1.82, 2.24) is 9.80 Å². The highest BCUT2D eigenvalue weighted by Crippen LogP contribution is 2.21. The number of hydrogen-bond acceptors (Lipinski definition) is 5. The lowest BCUT2D eigenvalue weighted by atomic mass is 10.1. The molecule has 1 unspecified atom stereocenters. The molecule has 2 rings (SSSR count). The molecule has 2 N–H and O–H groups in total. The summed E-state index contributed by atoms with van der Waals surface area (Å²) in [5.41, 5.74) is 0. The molecule has 0 aromatic carbocycles. The van der Waals surface area contributed by atoms with Crippen molar-refractivity contribution in [1.29, 1.82) is 0 Å². The van der Waals surface area contributed by atoms with Crippen molar-refractivity contribution in [2.24, 2.45) is 5.90 Å². The molecule has 0 aliphatic carbocycles. The lowest BCUT2D eigenvalue weighted by Gasteiger charge is -2.31. The Morgan fingerprint density at radius 2 is 2.13 bits per heavy atom. The zero-order valence-corrected chi connectivity index (χ0v) is 9.39. The number of nitrogens with zero attached hydrogens (tertiary/aromatic N) is 2. The van der Waals surface area contributed by atoms with E-state index in [1.54, 1.807) is 0 Å². The average Bonchev–Trinajstić information content (AvgIpc) is 2.63. The van der Waals surface area contributed by atoms with Crippen molar-refractivity contribution in [3.8, 4) is 0 Å². The van der Waals surface area contributed by atoms with Crippen molar-refractivity contribution in [3.05, 3.63) is 0 Å². The highest BCUT2D eigenvalue weighted by Gasteiger charge is 2.33. The Kier molecular flexibility index (Phi) is 3.93. The molecule has 5 heteroatoms. The number of rotatable bonds is 3. The summed E-state index contributed by atoms with van der Waals surface area (Å²) in [6.45, 7) is 5.63. The van der Waals surface area contributed by atoms with Gasteiger partial charge in [0.1, 0.15) is 0 Å². The van der Waals surface area contributed by atoms with Crippen molar-refractivity contribution in [2.45, 2.75) is 18.5 Å². The third kappa shape index (κ3) is 2.68. The van der Waals surface area contributed by atoms with E-state index in [1.165, 1.54) is 0 Å². The summed E-state index contributed by atoms with van der Waals surface area (Å²) in [7, 11) is 2.14. The van der Waals surface area contributed by atoms with Crippen LogP contribution in [0.4, 0.5) is 0 Å². The van der Waals surface area contributed by atoms with Crippen LogP contribution in [0, 0.1) is 0 Å². The van der Waals surface area contributed by atoms with Crippen molar-refractivity contribution in [2.75, 3.05) is 46.5 Å². The molecule has 15 heavy (non-hydrogen) atoms. The van der Waals surface area contributed by atoms with Crippen LogP contribution in [0.25, 0.3) is 0 Å². The average molecular weight is 215 g/mol. The first-order valence-electron chi connectivity index (χ1n) is 5.65. The molecule has 2 aliphatic rings. The molecule has 88 valence electrons. The maximum Gasteiger partial charge on any atom is 0.0835 e. The summed E-state index contributed by atoms with van der Waals surface area (Å²) in [6, 6.07) is 1.13. The van der Waals surface area contributed by atoms with Crippen LogP contribution in [-0.4, -0.2) is 68.4 Å². The number of nitrogens with two attached hydrogens (primary N) is 1. The van der Waals surface area contributed by atoms with Gasteiger partial charge in [0.2, 0.25) is 0 Å². The second-order valence-corrected chi connectivity index (χ2v) is 4.46. The minimum atomic E-state index is 0.475. The Labute approximate surface area is 91.1 Å². The molecular formula is C10H21N3O2. The van der Waals surface area contributed by atoms with Crippen LogP contribution in [0.15, 0.2) is 0 Å². The number of ether oxygens (including phenoxy) is 1. The summed E-state index contributed by atoms with van der Waals surface area (Å²) in [6.07, 6.45) is 1.16. The van der Waals surface area contributed by atoms with Gasteiger partial charge in [-0.05, 0) is 13.5 Å². The first-order chi connectivity index (χ1) is 7.31. The van der Waals surface area contributed by atoms with Gasteiger partial charge in [0, 0.05) is 31.7 Å². The molecule has 0 bridgehead atoms. The fourth-order valence-electron chi connectivity index (χ4n) is 2.56. The summed E-state index contributed by atoms with van der Waals surface area (Å²) in [4.78, 5) is 9.61. The maximum atomic E-state index is 5.36. The van der Waals surface area contributed by atoms with E-state index in [0.717, 1.165) is 39.3 Å². The largest absolute Gasteiger partial charge is 0.379 e. The molecule has 0 amide bonds. The van der Waals surface area contributed by atoms with Gasteiger partial charge in [-0.3, -0.25) is 9.80 Å². The summed E-state index contributed by atoms with van der Waals surface area (Å²) in [5, 5.41) is 0. The van der Waals surface area contributed by atoms with Gasteiger partial charge in [0.05, 0.1) is 19.8 Å². The Hall–Kier alpha value is -0.200. The Morgan fingerprint density at radius 3 is 2.80 bits per heavy atom. The summed E-state index contributed by atoms with van der Waals surface area (Å²) in [5.74, 6) is 5.13. The van der Waals surface area contributed by atoms with E-state index >= 15 is 0 Å². The van der Waals surface area contributed by atoms with Crippen molar-refractivity contribution in [3.63, 3.8) is 0 Å². The van der Waals surface area contributed by atoms with Crippen LogP contribution in [0.3, 0.4) is 0 Å². The number of likely N-dealkylation sites (tertiary alicyclic amines) is 1. The second kappa shape index (κ2) is 5.23. The Morgan fingerprint density at radius 1 is 1.40 bits per heavy atom. The molecule has 2 saturated heterocycles. The number of hydrogen-bond donors (Lipinski definition) is 1. The van der Waals surface area contributed by atoms with E-state index in [2.05, 4.69) is 16.8 Å². The summed E-state index contributed by atoms with van der Waals surface area (Å²) >= 11 is 0. The Balaban J connectivity index is 1.84. The minimum absolute atomic E-state index is 0.475. The van der Waals surface area contributed by atoms with Gasteiger partial charge in [0.15, 0.2) is 0 Å². The third-order valence-corrected chi connectivity index (χ3v) is 3.52. The molecule has 2 aliphatic heterocycles. The van der Waals surface area contributed by atoms with E-state index in [0.29, 0.717) is 18.7 Å². The predicted octanol–water partition coefficient (Wildman–Crippen LogP) is -0.718. The molecular weight excluding hydrogens is 194 g/mol. The zero-order chi connectivity index (χ0) is 10.7. The number of likely N-dealkylation sites (N-methyl/N-ethyl adjacent to an activating group) is 1. The molecule has 2 fully saturated rings. The smallest absolute Gasteiger partial charge is 0.0835 e. The summed E-state index contributed by atoms with van der Waals surface area (Å²) < 4.78 is 5.36. The first-order valence-corrected chi connectivity index (χ1v) is 5.65. The molecule has 0 spiro atoms. The standard InChI is InChI=1S/C10H21N3O2/c1-12-7-9(6-10(12)8-15-11)13-2-4-14-5-3-13/h9-10H,2-8,11H2,1H3/t9-,10?/m0/s1. The molecule has 0 aromatic heterocycles. The van der Waals surface area contributed by atoms with E-state index in [-0.39, 0.29) is 0 Å². The molecule has 5 nitrogen and oxygen atoms in total. The molecule has 0 saturated carbocycles. The van der Waals surface area contributed by atoms with Crippen LogP contribution in [-0.2, 0) is 9.57 Å². The van der Waals surface area contributed by atoms with E-state index in [9.17, 15) is 0 Å². The van der Waals surface area contributed by atoms with Gasteiger partial charge in [-0.2, -0.15) is 0 Å². The minimum Gasteiger partial charge on any atom is -0.379 e. The van der Waals surface area contributed by atoms with Crippen molar-refractivity contribution < 1.29 is 9.57 Å². The van der Waals surface area contributed by atoms with Gasteiger partial charge in [-0.25, -0.2) is 5.90 Å². The normalized spacial score (nSPS) is 34.8. The van der Waals surface area contributed by atoms with Gasteiger partial charge in [0.25, 0.3) is 0 Å².